The van der Waals surface area contributed by atoms with Gasteiger partial charge in [0.25, 0.3) is 11.5 Å². The molecular weight excluding hydrogens is 497 g/mol. The molecule has 3 heterocycles. The topological polar surface area (TPSA) is 138 Å². The van der Waals surface area contributed by atoms with Gasteiger partial charge >= 0.3 is 0 Å². The van der Waals surface area contributed by atoms with E-state index in [1.165, 1.54) is 73.3 Å². The van der Waals surface area contributed by atoms with Crippen LogP contribution in [0.5, 0.6) is 17.2 Å². The molecule has 0 saturated heterocycles. The van der Waals surface area contributed by atoms with Gasteiger partial charge in [-0.3, -0.25) is 14.6 Å². The molecule has 194 valence electrons. The number of carbonyl (C=O) groups excluding carboxylic acids is 1. The van der Waals surface area contributed by atoms with Gasteiger partial charge in [-0.15, -0.1) is 0 Å². The quantitative estimate of drug-likeness (QED) is 0.335. The molecule has 0 aliphatic heterocycles. The number of methoxy groups -OCH3 is 3. The van der Waals surface area contributed by atoms with Gasteiger partial charge in [0.1, 0.15) is 17.0 Å². The van der Waals surface area contributed by atoms with Crippen LogP contribution in [-0.2, 0) is 0 Å². The number of carbonyl (C=O) groups is 1. The summed E-state index contributed by atoms with van der Waals surface area (Å²) in [6.45, 7) is 1.73. The molecule has 5 aromatic rings. The zero-order valence-corrected chi connectivity index (χ0v) is 20.8. The Kier molecular flexibility index (Phi) is 6.24. The number of nitrogens with one attached hydrogen (secondary N) is 2. The molecule has 0 radical (unpaired) electrons. The minimum absolute atomic E-state index is 0.0413. The van der Waals surface area contributed by atoms with Crippen LogP contribution in [0.25, 0.3) is 22.7 Å². The molecule has 0 saturated carbocycles. The summed E-state index contributed by atoms with van der Waals surface area (Å²) in [5.41, 5.74) is 1.06. The zero-order valence-electron chi connectivity index (χ0n) is 20.8. The number of aromatic nitrogens is 6. The Labute approximate surface area is 214 Å². The first-order valence-corrected chi connectivity index (χ1v) is 11.2. The highest BCUT2D eigenvalue weighted by atomic mass is 19.1. The number of aryl methyl sites for hydroxylation is 1. The second-order valence-corrected chi connectivity index (χ2v) is 8.11. The second kappa shape index (κ2) is 9.69. The van der Waals surface area contributed by atoms with E-state index in [1.807, 2.05) is 0 Å². The van der Waals surface area contributed by atoms with Crippen molar-refractivity contribution in [3.05, 3.63) is 76.1 Å². The van der Waals surface area contributed by atoms with Gasteiger partial charge in [-0.2, -0.15) is 19.9 Å². The number of H-pyrrole nitrogens is 1. The number of halogens is 1. The highest BCUT2D eigenvalue weighted by molar-refractivity contribution is 6.04. The van der Waals surface area contributed by atoms with Crippen molar-refractivity contribution in [3.63, 3.8) is 0 Å². The molecule has 3 aromatic heterocycles. The Morgan fingerprint density at radius 3 is 2.32 bits per heavy atom. The van der Waals surface area contributed by atoms with Crippen molar-refractivity contribution in [1.29, 1.82) is 0 Å². The van der Waals surface area contributed by atoms with E-state index in [0.29, 0.717) is 28.6 Å². The summed E-state index contributed by atoms with van der Waals surface area (Å²) in [5, 5.41) is 11.6. The fraction of sp³-hybridized carbons (Fsp3) is 0.160. The third kappa shape index (κ3) is 4.30. The first-order valence-electron chi connectivity index (χ1n) is 11.2. The van der Waals surface area contributed by atoms with Gasteiger partial charge in [-0.05, 0) is 43.3 Å². The molecule has 0 unspecified atom stereocenters. The van der Waals surface area contributed by atoms with Gasteiger partial charge in [0.2, 0.25) is 11.7 Å². The molecule has 2 aromatic carbocycles. The maximum atomic E-state index is 13.4. The Morgan fingerprint density at radius 2 is 1.68 bits per heavy atom. The highest BCUT2D eigenvalue weighted by Crippen LogP contribution is 2.38. The maximum Gasteiger partial charge on any atom is 0.263 e. The van der Waals surface area contributed by atoms with Gasteiger partial charge in [0.05, 0.1) is 38.9 Å². The number of hydrogen-bond acceptors (Lipinski definition) is 8. The molecular formula is C25H22FN7O5. The molecule has 0 aliphatic rings. The standard InChI is InChI=1S/C25H22FN7O5/c1-13-9-20(28-23(34)14-10-18(36-2)21(38-4)19(11-14)37-3)33(31-13)25-29-22-17(24(35)30-25)12-27-32(22)16-7-5-15(26)6-8-16/h5-12H,1-4H3,(H,28,34)(H,29,30,35). The lowest BCUT2D eigenvalue weighted by molar-refractivity contribution is 0.102. The van der Waals surface area contributed by atoms with Gasteiger partial charge in [0, 0.05) is 11.6 Å². The van der Waals surface area contributed by atoms with Crippen molar-refractivity contribution in [2.24, 2.45) is 0 Å². The SMILES string of the molecule is COc1cc(C(=O)Nc2cc(C)nn2-c2nc3c(cnn3-c3ccc(F)cc3)c(=O)[nH]2)cc(OC)c1OC. The summed E-state index contributed by atoms with van der Waals surface area (Å²) in [4.78, 5) is 33.3. The number of ether oxygens (including phenoxy) is 3. The summed E-state index contributed by atoms with van der Waals surface area (Å²) in [7, 11) is 4.37. The van der Waals surface area contributed by atoms with Crippen LogP contribution in [0.4, 0.5) is 10.2 Å². The minimum Gasteiger partial charge on any atom is -0.493 e. The van der Waals surface area contributed by atoms with Crippen LogP contribution in [-0.4, -0.2) is 56.8 Å². The third-order valence-electron chi connectivity index (χ3n) is 5.70. The van der Waals surface area contributed by atoms with E-state index in [-0.39, 0.29) is 28.4 Å². The van der Waals surface area contributed by atoms with Gasteiger partial charge in [0.15, 0.2) is 17.1 Å². The fourth-order valence-corrected chi connectivity index (χ4v) is 3.93. The Hall–Kier alpha value is -5.20. The van der Waals surface area contributed by atoms with E-state index in [9.17, 15) is 14.0 Å². The Balaban J connectivity index is 1.55. The lowest BCUT2D eigenvalue weighted by atomic mass is 10.1. The molecule has 5 rings (SSSR count). The van der Waals surface area contributed by atoms with Crippen LogP contribution >= 0.6 is 0 Å². The monoisotopic (exact) mass is 519 g/mol. The molecule has 0 fully saturated rings. The van der Waals surface area contributed by atoms with Crippen LogP contribution in [0, 0.1) is 12.7 Å². The molecule has 13 heteroatoms. The van der Waals surface area contributed by atoms with Crippen molar-refractivity contribution < 1.29 is 23.4 Å². The number of rotatable bonds is 7. The smallest absolute Gasteiger partial charge is 0.263 e. The second-order valence-electron chi connectivity index (χ2n) is 8.11. The number of benzene rings is 2. The normalized spacial score (nSPS) is 11.0. The van der Waals surface area contributed by atoms with Crippen molar-refractivity contribution in [2.75, 3.05) is 26.6 Å². The minimum atomic E-state index is -0.495. The van der Waals surface area contributed by atoms with E-state index < -0.39 is 17.3 Å². The first kappa shape index (κ1) is 24.5. The van der Waals surface area contributed by atoms with Crippen molar-refractivity contribution in [1.82, 2.24) is 29.5 Å². The summed E-state index contributed by atoms with van der Waals surface area (Å²) in [6.07, 6.45) is 1.37. The van der Waals surface area contributed by atoms with Crippen LogP contribution < -0.4 is 25.1 Å². The van der Waals surface area contributed by atoms with E-state index >= 15 is 0 Å². The summed E-state index contributed by atoms with van der Waals surface area (Å²) < 4.78 is 32.1. The number of aromatic amines is 1. The largest absolute Gasteiger partial charge is 0.493 e. The van der Waals surface area contributed by atoms with E-state index in [0.717, 1.165) is 0 Å². The molecule has 1 amide bonds. The molecule has 0 aliphatic carbocycles. The number of hydrogen-bond donors (Lipinski definition) is 2. The maximum absolute atomic E-state index is 13.4. The van der Waals surface area contributed by atoms with Crippen LogP contribution in [0.15, 0.2) is 53.5 Å². The van der Waals surface area contributed by atoms with Gasteiger partial charge in [-0.25, -0.2) is 9.07 Å². The Morgan fingerprint density at radius 1 is 1.00 bits per heavy atom. The predicted molar refractivity (Wildman–Crippen MR) is 135 cm³/mol. The summed E-state index contributed by atoms with van der Waals surface area (Å²) in [6, 6.07) is 10.2. The zero-order chi connectivity index (χ0) is 27.0. The molecule has 0 atom stereocenters. The number of fused-ring (bicyclic) bond motifs is 1. The van der Waals surface area contributed by atoms with E-state index in [4.69, 9.17) is 14.2 Å². The lowest BCUT2D eigenvalue weighted by Crippen LogP contribution is -2.19. The van der Waals surface area contributed by atoms with Crippen molar-refractivity contribution >= 4 is 22.8 Å². The lowest BCUT2D eigenvalue weighted by Gasteiger charge is -2.14. The highest BCUT2D eigenvalue weighted by Gasteiger charge is 2.20. The van der Waals surface area contributed by atoms with Gasteiger partial charge < -0.3 is 19.5 Å². The predicted octanol–water partition coefficient (Wildman–Crippen LogP) is 3.02. The van der Waals surface area contributed by atoms with Gasteiger partial charge in [-0.1, -0.05) is 0 Å². The van der Waals surface area contributed by atoms with Crippen LogP contribution in [0.2, 0.25) is 0 Å². The number of amides is 1. The average Bonchev–Trinajstić information content (AvgIpc) is 3.51. The Bertz CT molecular complexity index is 1700. The molecule has 38 heavy (non-hydrogen) atoms. The van der Waals surface area contributed by atoms with Crippen LogP contribution in [0.3, 0.4) is 0 Å². The van der Waals surface area contributed by atoms with Crippen LogP contribution in [0.1, 0.15) is 16.1 Å². The fourth-order valence-electron chi connectivity index (χ4n) is 3.93. The van der Waals surface area contributed by atoms with Crippen molar-refractivity contribution in [3.8, 4) is 28.9 Å². The van der Waals surface area contributed by atoms with Crippen molar-refractivity contribution in [2.45, 2.75) is 6.92 Å². The molecule has 2 N–H and O–H groups in total. The average molecular weight is 519 g/mol. The first-order chi connectivity index (χ1) is 18.3. The van der Waals surface area contributed by atoms with E-state index in [1.54, 1.807) is 13.0 Å². The number of anilines is 1. The molecule has 0 bridgehead atoms. The number of nitrogens with zero attached hydrogens (tertiary/aromatic N) is 5. The summed E-state index contributed by atoms with van der Waals surface area (Å²) >= 11 is 0. The molecule has 0 spiro atoms. The van der Waals surface area contributed by atoms with E-state index in [2.05, 4.69) is 25.5 Å². The third-order valence-corrected chi connectivity index (χ3v) is 5.70. The summed E-state index contributed by atoms with van der Waals surface area (Å²) in [5.74, 6) is 0.359. The molecule has 12 nitrogen and oxygen atoms in total.